The summed E-state index contributed by atoms with van der Waals surface area (Å²) in [6.07, 6.45) is -0.383. The van der Waals surface area contributed by atoms with E-state index in [2.05, 4.69) is 19.9 Å². The van der Waals surface area contributed by atoms with Crippen molar-refractivity contribution in [2.45, 2.75) is 13.3 Å². The maximum atomic E-state index is 12.5. The number of aromatic nitrogens is 1. The molecule has 1 aromatic carbocycles. The zero-order valence-corrected chi connectivity index (χ0v) is 16.6. The number of Topliss-reactive ketones (excluding diaryl/α,β-unsaturated/α-hetero) is 1. The van der Waals surface area contributed by atoms with Crippen LogP contribution in [-0.2, 0) is 16.0 Å². The molecule has 0 saturated carbocycles. The lowest BCUT2D eigenvalue weighted by Crippen LogP contribution is -2.49. The van der Waals surface area contributed by atoms with E-state index in [4.69, 9.17) is 0 Å². The van der Waals surface area contributed by atoms with Gasteiger partial charge < -0.3 is 14.5 Å². The van der Waals surface area contributed by atoms with Crippen LogP contribution in [0.5, 0.6) is 0 Å². The van der Waals surface area contributed by atoms with Gasteiger partial charge in [0.05, 0.1) is 19.2 Å². The van der Waals surface area contributed by atoms with Crippen molar-refractivity contribution in [3.05, 3.63) is 40.9 Å². The van der Waals surface area contributed by atoms with Gasteiger partial charge in [-0.1, -0.05) is 0 Å². The molecular weight excluding hydrogens is 380 g/mol. The van der Waals surface area contributed by atoms with Crippen LogP contribution in [0.3, 0.4) is 0 Å². The predicted octanol–water partition coefficient (Wildman–Crippen LogP) is 2.42. The molecule has 8 nitrogen and oxygen atoms in total. The lowest BCUT2D eigenvalue weighted by molar-refractivity contribution is -0.130. The Morgan fingerprint density at radius 3 is 2.43 bits per heavy atom. The minimum atomic E-state index is -0.584. The van der Waals surface area contributed by atoms with E-state index in [9.17, 15) is 14.4 Å². The minimum absolute atomic E-state index is 0.0153. The summed E-state index contributed by atoms with van der Waals surface area (Å²) in [5.41, 5.74) is 2.38. The fourth-order valence-electron chi connectivity index (χ4n) is 2.97. The van der Waals surface area contributed by atoms with Crippen molar-refractivity contribution in [1.29, 1.82) is 0 Å². The average molecular weight is 402 g/mol. The van der Waals surface area contributed by atoms with Crippen molar-refractivity contribution in [3.63, 3.8) is 0 Å². The highest BCUT2D eigenvalue weighted by Gasteiger charge is 2.22. The van der Waals surface area contributed by atoms with Crippen molar-refractivity contribution < 1.29 is 19.1 Å². The van der Waals surface area contributed by atoms with Crippen LogP contribution < -0.4 is 10.2 Å². The van der Waals surface area contributed by atoms with Gasteiger partial charge >= 0.3 is 6.09 Å². The van der Waals surface area contributed by atoms with E-state index in [1.165, 1.54) is 18.4 Å². The fourth-order valence-corrected chi connectivity index (χ4v) is 3.67. The van der Waals surface area contributed by atoms with Crippen molar-refractivity contribution in [2.24, 2.45) is 0 Å². The monoisotopic (exact) mass is 402 g/mol. The number of piperazine rings is 1. The molecule has 0 spiro atoms. The molecule has 2 aromatic rings. The molecule has 2 amide bonds. The smallest absolute Gasteiger partial charge is 0.413 e. The number of carbonyl (C=O) groups is 3. The first-order valence-corrected chi connectivity index (χ1v) is 9.77. The van der Waals surface area contributed by atoms with Gasteiger partial charge in [-0.3, -0.25) is 14.9 Å². The fraction of sp³-hybridized carbons (Fsp3) is 0.368. The van der Waals surface area contributed by atoms with E-state index in [-0.39, 0.29) is 18.1 Å². The highest BCUT2D eigenvalue weighted by Crippen LogP contribution is 2.19. The summed E-state index contributed by atoms with van der Waals surface area (Å²) < 4.78 is 4.52. The van der Waals surface area contributed by atoms with Gasteiger partial charge in [0.15, 0.2) is 10.9 Å². The highest BCUT2D eigenvalue weighted by atomic mass is 32.1. The lowest BCUT2D eigenvalue weighted by atomic mass is 10.1. The van der Waals surface area contributed by atoms with Crippen LogP contribution in [-0.4, -0.2) is 61.0 Å². The number of rotatable bonds is 5. The van der Waals surface area contributed by atoms with Crippen LogP contribution in [0.1, 0.15) is 23.0 Å². The third-order valence-corrected chi connectivity index (χ3v) is 5.36. The number of carbonyl (C=O) groups excluding carboxylic acids is 3. The second-order valence-corrected chi connectivity index (χ2v) is 7.27. The van der Waals surface area contributed by atoms with Gasteiger partial charge in [0.1, 0.15) is 0 Å². The lowest BCUT2D eigenvalue weighted by Gasteiger charge is -2.36. The normalized spacial score (nSPS) is 13.9. The molecule has 3 rings (SSSR count). The molecule has 1 N–H and O–H groups in total. The number of amides is 2. The largest absolute Gasteiger partial charge is 0.453 e. The molecule has 28 heavy (non-hydrogen) atoms. The number of ether oxygens (including phenoxy) is 1. The van der Waals surface area contributed by atoms with Crippen LogP contribution in [0.4, 0.5) is 15.6 Å². The Hall–Kier alpha value is -2.94. The molecule has 1 aromatic heterocycles. The first-order chi connectivity index (χ1) is 13.5. The van der Waals surface area contributed by atoms with Gasteiger partial charge in [0, 0.05) is 42.8 Å². The van der Waals surface area contributed by atoms with Crippen molar-refractivity contribution >= 4 is 39.9 Å². The highest BCUT2D eigenvalue weighted by molar-refractivity contribution is 7.13. The number of nitrogens with one attached hydrogen (secondary N) is 1. The van der Waals surface area contributed by atoms with Gasteiger partial charge in [0.25, 0.3) is 0 Å². The van der Waals surface area contributed by atoms with Gasteiger partial charge in [-0.2, -0.15) is 0 Å². The predicted molar refractivity (Wildman–Crippen MR) is 107 cm³/mol. The Kier molecular flexibility index (Phi) is 6.25. The number of anilines is 2. The Balaban J connectivity index is 1.51. The van der Waals surface area contributed by atoms with Gasteiger partial charge in [0.2, 0.25) is 5.91 Å². The van der Waals surface area contributed by atoms with Crippen LogP contribution in [0, 0.1) is 0 Å². The number of hydrogen-bond acceptors (Lipinski definition) is 7. The standard InChI is InChI=1S/C19H22N4O4S/c1-13(24)14-3-5-16(6-4-14)22-7-9-23(10-8-22)17(25)11-15-12-28-18(20-15)21-19(26)27-2/h3-6,12H,7-11H2,1-2H3,(H,20,21,26). The second kappa shape index (κ2) is 8.83. The maximum Gasteiger partial charge on any atom is 0.413 e. The van der Waals surface area contributed by atoms with E-state index in [1.807, 2.05) is 29.2 Å². The molecule has 2 heterocycles. The zero-order chi connectivity index (χ0) is 20.1. The summed E-state index contributed by atoms with van der Waals surface area (Å²) in [6, 6.07) is 7.55. The molecule has 1 fully saturated rings. The molecule has 0 radical (unpaired) electrons. The maximum absolute atomic E-state index is 12.5. The first-order valence-electron chi connectivity index (χ1n) is 8.89. The van der Waals surface area contributed by atoms with Crippen LogP contribution in [0.25, 0.3) is 0 Å². The molecule has 1 saturated heterocycles. The van der Waals surface area contributed by atoms with Gasteiger partial charge in [-0.05, 0) is 31.2 Å². The summed E-state index contributed by atoms with van der Waals surface area (Å²) in [5, 5.41) is 4.66. The number of nitrogens with zero attached hydrogens (tertiary/aromatic N) is 3. The van der Waals surface area contributed by atoms with Gasteiger partial charge in [-0.15, -0.1) is 11.3 Å². The first kappa shape index (κ1) is 19.8. The third-order valence-electron chi connectivity index (χ3n) is 4.55. The number of benzene rings is 1. The number of hydrogen-bond donors (Lipinski definition) is 1. The summed E-state index contributed by atoms with van der Waals surface area (Å²) in [5.74, 6) is 0.0652. The summed E-state index contributed by atoms with van der Waals surface area (Å²) in [7, 11) is 1.28. The Bertz CT molecular complexity index is 857. The summed E-state index contributed by atoms with van der Waals surface area (Å²) in [4.78, 5) is 43.4. The summed E-state index contributed by atoms with van der Waals surface area (Å²) >= 11 is 1.26. The zero-order valence-electron chi connectivity index (χ0n) is 15.8. The molecule has 148 valence electrons. The number of ketones is 1. The molecule has 0 unspecified atom stereocenters. The SMILES string of the molecule is COC(=O)Nc1nc(CC(=O)N2CCN(c3ccc(C(C)=O)cc3)CC2)cs1. The molecule has 1 aliphatic heterocycles. The van der Waals surface area contributed by atoms with E-state index < -0.39 is 6.09 Å². The topological polar surface area (TPSA) is 91.8 Å². The Labute approximate surface area is 167 Å². The summed E-state index contributed by atoms with van der Waals surface area (Å²) in [6.45, 7) is 4.28. The molecule has 0 bridgehead atoms. The van der Waals surface area contributed by atoms with E-state index in [0.29, 0.717) is 29.5 Å². The Morgan fingerprint density at radius 1 is 1.14 bits per heavy atom. The van der Waals surface area contributed by atoms with Crippen molar-refractivity contribution in [2.75, 3.05) is 43.5 Å². The minimum Gasteiger partial charge on any atom is -0.453 e. The van der Waals surface area contributed by atoms with E-state index in [0.717, 1.165) is 18.8 Å². The van der Waals surface area contributed by atoms with Crippen LogP contribution in [0.2, 0.25) is 0 Å². The van der Waals surface area contributed by atoms with Crippen molar-refractivity contribution in [1.82, 2.24) is 9.88 Å². The Morgan fingerprint density at radius 2 is 1.82 bits per heavy atom. The van der Waals surface area contributed by atoms with Gasteiger partial charge in [-0.25, -0.2) is 9.78 Å². The van der Waals surface area contributed by atoms with E-state index >= 15 is 0 Å². The molecule has 9 heteroatoms. The average Bonchev–Trinajstić information content (AvgIpc) is 3.14. The molecule has 0 atom stereocenters. The number of thiazole rings is 1. The van der Waals surface area contributed by atoms with Crippen molar-refractivity contribution in [3.8, 4) is 0 Å². The molecule has 1 aliphatic rings. The van der Waals surface area contributed by atoms with Crippen LogP contribution >= 0.6 is 11.3 Å². The quantitative estimate of drug-likeness (QED) is 0.773. The third kappa shape index (κ3) is 4.86. The van der Waals surface area contributed by atoms with E-state index in [1.54, 1.807) is 12.3 Å². The van der Waals surface area contributed by atoms with Crippen LogP contribution in [0.15, 0.2) is 29.6 Å². The number of methoxy groups -OCH3 is 1. The molecular formula is C19H22N4O4S. The second-order valence-electron chi connectivity index (χ2n) is 6.41. The molecule has 0 aliphatic carbocycles.